The molecule has 0 bridgehead atoms. The normalized spacial score (nSPS) is 10.9. The molecule has 0 aromatic heterocycles. The molecule has 4 aromatic rings. The Labute approximate surface area is 263 Å². The summed E-state index contributed by atoms with van der Waals surface area (Å²) in [5, 5.41) is 0. The summed E-state index contributed by atoms with van der Waals surface area (Å²) in [4.78, 5) is 0. The summed E-state index contributed by atoms with van der Waals surface area (Å²) in [6, 6.07) is 37.3. The van der Waals surface area contributed by atoms with E-state index in [2.05, 4.69) is 72.8 Å². The Morgan fingerprint density at radius 2 is 0.780 bits per heavy atom. The van der Waals surface area contributed by atoms with Gasteiger partial charge in [0.2, 0.25) is 0 Å². The molecular weight excluding hydrogens is 585 g/mol. The Bertz CT molecular complexity index is 1220. The first-order valence-electron chi connectivity index (χ1n) is 13.5. The molecule has 0 atom stereocenters. The van der Waals surface area contributed by atoms with Gasteiger partial charge in [0.1, 0.15) is 0 Å². The van der Waals surface area contributed by atoms with Crippen molar-refractivity contribution in [1.82, 2.24) is 0 Å². The van der Waals surface area contributed by atoms with Crippen LogP contribution in [0.15, 0.2) is 109 Å². The zero-order chi connectivity index (χ0) is 28.5. The first-order chi connectivity index (χ1) is 20.2. The highest BCUT2D eigenvalue weighted by atomic mass is 32.2. The second-order valence-electron chi connectivity index (χ2n) is 9.23. The lowest BCUT2D eigenvalue weighted by atomic mass is 10.2. The van der Waals surface area contributed by atoms with E-state index in [1.54, 1.807) is 23.5 Å². The Balaban J connectivity index is 1.00. The zero-order valence-corrected chi connectivity index (χ0v) is 26.2. The topological polar surface area (TPSA) is 27.7 Å². The van der Waals surface area contributed by atoms with E-state index < -0.39 is 0 Å². The van der Waals surface area contributed by atoms with Crippen LogP contribution in [0.5, 0.6) is 0 Å². The van der Waals surface area contributed by atoms with E-state index in [0.29, 0.717) is 39.6 Å². The summed E-state index contributed by atoms with van der Waals surface area (Å²) in [7, 11) is 0. The summed E-state index contributed by atoms with van der Waals surface area (Å²) in [5.41, 5.74) is 7.00. The average Bonchev–Trinajstić information content (AvgIpc) is 3.03. The van der Waals surface area contributed by atoms with Crippen LogP contribution < -0.4 is 0 Å². The van der Waals surface area contributed by atoms with E-state index in [-0.39, 0.29) is 0 Å². The molecule has 4 rings (SSSR count). The maximum atomic E-state index is 5.76. The van der Waals surface area contributed by atoms with Crippen molar-refractivity contribution in [2.45, 2.75) is 24.7 Å². The fourth-order valence-corrected chi connectivity index (χ4v) is 6.01. The van der Waals surface area contributed by atoms with Crippen LogP contribution in [0.2, 0.25) is 0 Å². The third-order valence-corrected chi connectivity index (χ3v) is 9.22. The van der Waals surface area contributed by atoms with Crippen LogP contribution in [0.25, 0.3) is 0 Å². The monoisotopic (exact) mass is 618 g/mol. The number of hydrogen-bond donors (Lipinski definition) is 0. The van der Waals surface area contributed by atoms with Gasteiger partial charge in [0, 0.05) is 11.5 Å². The number of ether oxygens (including phenoxy) is 3. The molecule has 0 spiro atoms. The van der Waals surface area contributed by atoms with Gasteiger partial charge in [0.15, 0.2) is 0 Å². The Hall–Kier alpha value is -2.36. The third kappa shape index (κ3) is 11.8. The standard InChI is InChI=1S/C34H34O3S4/c38-33(31-7-3-1-4-8-31)40-25-29-15-11-27(12-16-29)23-36-21-19-35-20-22-37-24-28-13-17-30(18-14-28)26-41-34(39)32-9-5-2-6-10-32/h1-18H,19-26H2. The highest BCUT2D eigenvalue weighted by molar-refractivity contribution is 8.23. The zero-order valence-electron chi connectivity index (χ0n) is 22.9. The van der Waals surface area contributed by atoms with Crippen LogP contribution in [0.4, 0.5) is 0 Å². The fourth-order valence-electron chi connectivity index (χ4n) is 3.79. The van der Waals surface area contributed by atoms with Gasteiger partial charge in [-0.05, 0) is 33.4 Å². The highest BCUT2D eigenvalue weighted by Crippen LogP contribution is 2.21. The SMILES string of the molecule is S=C(SCc1ccc(COCCOCCOCc2ccc(CSC(=S)c3ccccc3)cc2)cc1)c1ccccc1. The molecule has 0 aliphatic rings. The molecular formula is C34H34O3S4. The van der Waals surface area contributed by atoms with E-state index in [1.807, 2.05) is 36.4 Å². The van der Waals surface area contributed by atoms with Crippen LogP contribution in [-0.4, -0.2) is 34.8 Å². The Morgan fingerprint density at radius 1 is 0.439 bits per heavy atom. The largest absolute Gasteiger partial charge is 0.377 e. The predicted molar refractivity (Wildman–Crippen MR) is 182 cm³/mol. The molecule has 4 aromatic carbocycles. The van der Waals surface area contributed by atoms with Gasteiger partial charge in [-0.2, -0.15) is 0 Å². The number of rotatable bonds is 16. The van der Waals surface area contributed by atoms with Crippen LogP contribution in [-0.2, 0) is 38.9 Å². The van der Waals surface area contributed by atoms with Crippen molar-refractivity contribution >= 4 is 56.4 Å². The van der Waals surface area contributed by atoms with Crippen LogP contribution in [0.1, 0.15) is 33.4 Å². The van der Waals surface area contributed by atoms with Gasteiger partial charge in [0.05, 0.1) is 48.0 Å². The van der Waals surface area contributed by atoms with Gasteiger partial charge >= 0.3 is 0 Å². The second-order valence-corrected chi connectivity index (χ2v) is 12.5. The average molecular weight is 619 g/mol. The molecule has 0 saturated heterocycles. The van der Waals surface area contributed by atoms with Crippen molar-refractivity contribution in [3.05, 3.63) is 143 Å². The minimum absolute atomic E-state index is 0.548. The summed E-state index contributed by atoms with van der Waals surface area (Å²) >= 11 is 14.4. The Kier molecular flexibility index (Phi) is 14.0. The van der Waals surface area contributed by atoms with E-state index in [4.69, 9.17) is 38.6 Å². The minimum atomic E-state index is 0.548. The van der Waals surface area contributed by atoms with Crippen LogP contribution >= 0.6 is 48.0 Å². The van der Waals surface area contributed by atoms with E-state index in [0.717, 1.165) is 42.2 Å². The molecule has 0 radical (unpaired) electrons. The lowest BCUT2D eigenvalue weighted by Gasteiger charge is -2.09. The van der Waals surface area contributed by atoms with Gasteiger partial charge in [-0.3, -0.25) is 0 Å². The maximum absolute atomic E-state index is 5.76. The van der Waals surface area contributed by atoms with Crippen molar-refractivity contribution in [1.29, 1.82) is 0 Å². The number of hydrogen-bond acceptors (Lipinski definition) is 7. The number of thiocarbonyl (C=S) groups is 2. The predicted octanol–water partition coefficient (Wildman–Crippen LogP) is 8.65. The molecule has 0 fully saturated rings. The van der Waals surface area contributed by atoms with Crippen molar-refractivity contribution in [3.8, 4) is 0 Å². The van der Waals surface area contributed by atoms with Gasteiger partial charge in [0.25, 0.3) is 0 Å². The van der Waals surface area contributed by atoms with Gasteiger partial charge < -0.3 is 14.2 Å². The van der Waals surface area contributed by atoms with Crippen molar-refractivity contribution in [2.24, 2.45) is 0 Å². The molecule has 7 heteroatoms. The first kappa shape index (κ1) is 31.6. The summed E-state index contributed by atoms with van der Waals surface area (Å²) in [5.74, 6) is 1.72. The van der Waals surface area contributed by atoms with E-state index in [1.165, 1.54) is 11.1 Å². The van der Waals surface area contributed by atoms with Crippen molar-refractivity contribution in [3.63, 3.8) is 0 Å². The van der Waals surface area contributed by atoms with Gasteiger partial charge in [-0.15, -0.1) is 23.5 Å². The number of benzene rings is 4. The molecule has 0 unspecified atom stereocenters. The third-order valence-electron chi connectivity index (χ3n) is 6.09. The molecule has 212 valence electrons. The van der Waals surface area contributed by atoms with Crippen molar-refractivity contribution < 1.29 is 14.2 Å². The van der Waals surface area contributed by atoms with Crippen LogP contribution in [0.3, 0.4) is 0 Å². The lowest BCUT2D eigenvalue weighted by Crippen LogP contribution is -2.09. The second kappa shape index (κ2) is 18.2. The first-order valence-corrected chi connectivity index (χ1v) is 16.3. The molecule has 0 aliphatic heterocycles. The molecule has 0 aliphatic carbocycles. The molecule has 0 heterocycles. The quantitative estimate of drug-likeness (QED) is 0.0916. The minimum Gasteiger partial charge on any atom is -0.377 e. The fraction of sp³-hybridized carbons (Fsp3) is 0.235. The summed E-state index contributed by atoms with van der Waals surface area (Å²) in [6.07, 6.45) is 0. The smallest absolute Gasteiger partial charge is 0.0781 e. The molecule has 41 heavy (non-hydrogen) atoms. The molecule has 0 amide bonds. The number of thioether (sulfide) groups is 2. The van der Waals surface area contributed by atoms with Crippen molar-refractivity contribution in [2.75, 3.05) is 26.4 Å². The summed E-state index contributed by atoms with van der Waals surface area (Å²) < 4.78 is 19.0. The molecule has 3 nitrogen and oxygen atoms in total. The maximum Gasteiger partial charge on any atom is 0.0781 e. The summed E-state index contributed by atoms with van der Waals surface area (Å²) in [6.45, 7) is 3.34. The lowest BCUT2D eigenvalue weighted by molar-refractivity contribution is 0.00704. The van der Waals surface area contributed by atoms with Gasteiger partial charge in [-0.1, -0.05) is 134 Å². The van der Waals surface area contributed by atoms with E-state index >= 15 is 0 Å². The van der Waals surface area contributed by atoms with Gasteiger partial charge in [-0.25, -0.2) is 0 Å². The molecule has 0 saturated carbocycles. The van der Waals surface area contributed by atoms with E-state index in [9.17, 15) is 0 Å². The molecule has 0 N–H and O–H groups in total. The van der Waals surface area contributed by atoms with Crippen LogP contribution in [0, 0.1) is 0 Å². The Morgan fingerprint density at radius 3 is 1.17 bits per heavy atom. The highest BCUT2D eigenvalue weighted by Gasteiger charge is 2.04.